The van der Waals surface area contributed by atoms with Gasteiger partial charge in [0.15, 0.2) is 22.8 Å². The van der Waals surface area contributed by atoms with Crippen LogP contribution in [0.4, 0.5) is 5.82 Å². The summed E-state index contributed by atoms with van der Waals surface area (Å²) >= 11 is 8.64. The highest BCUT2D eigenvalue weighted by atomic mass is 127. The Morgan fingerprint density at radius 1 is 1.32 bits per heavy atom. The van der Waals surface area contributed by atoms with Gasteiger partial charge < -0.3 is 24.7 Å². The summed E-state index contributed by atoms with van der Waals surface area (Å²) in [7, 11) is 1.67. The van der Waals surface area contributed by atoms with Crippen LogP contribution >= 0.6 is 34.2 Å². The van der Waals surface area contributed by atoms with Crippen LogP contribution in [-0.2, 0) is 20.8 Å². The number of ether oxygens (including phenoxy) is 2. The number of anilines is 1. The molecule has 3 fully saturated rings. The van der Waals surface area contributed by atoms with E-state index in [1.54, 1.807) is 13.4 Å². The molecule has 5 atom stereocenters. The van der Waals surface area contributed by atoms with E-state index in [1.165, 1.54) is 0 Å². The highest BCUT2D eigenvalue weighted by molar-refractivity contribution is 14.1. The SMILES string of the molecule is CNC(=O)[C@@]12C[C@@H]1[C@@H](n1cnc3c(NCc4cccc(I)c4)nc(Cl)nc31)[C@@H]1OC(C)(C)O[C@@H]12. The average Bonchev–Trinajstić information content (AvgIpc) is 3.11. The Balaban J connectivity index is 1.37. The number of hydrogen-bond acceptors (Lipinski definition) is 7. The molecule has 0 spiro atoms. The molecule has 3 aromatic rings. The van der Waals surface area contributed by atoms with Crippen LogP contribution in [0.2, 0.25) is 5.28 Å². The summed E-state index contributed by atoms with van der Waals surface area (Å²) in [5, 5.41) is 6.32. The lowest BCUT2D eigenvalue weighted by Crippen LogP contribution is -2.40. The molecule has 3 aliphatic rings. The fourth-order valence-corrected chi connectivity index (χ4v) is 6.54. The fourth-order valence-electron chi connectivity index (χ4n) is 5.76. The summed E-state index contributed by atoms with van der Waals surface area (Å²) in [6.45, 7) is 4.35. The van der Waals surface area contributed by atoms with E-state index in [-0.39, 0.29) is 35.4 Å². The molecule has 1 saturated heterocycles. The first-order chi connectivity index (χ1) is 16.2. The topological polar surface area (TPSA) is 103 Å². The van der Waals surface area contributed by atoms with Crippen LogP contribution in [0.15, 0.2) is 30.6 Å². The summed E-state index contributed by atoms with van der Waals surface area (Å²) in [5.41, 5.74) is 1.76. The van der Waals surface area contributed by atoms with Crippen molar-refractivity contribution in [3.63, 3.8) is 0 Å². The number of amides is 1. The summed E-state index contributed by atoms with van der Waals surface area (Å²) < 4.78 is 15.7. The largest absolute Gasteiger partial charge is 0.364 e. The maximum Gasteiger partial charge on any atom is 0.229 e. The third kappa shape index (κ3) is 3.33. The van der Waals surface area contributed by atoms with Crippen molar-refractivity contribution >= 4 is 57.1 Å². The maximum atomic E-state index is 12.9. The molecular weight excluding hydrogens is 571 g/mol. The molecule has 0 bridgehead atoms. The second kappa shape index (κ2) is 7.74. The molecule has 0 radical (unpaired) electrons. The predicted octanol–water partition coefficient (Wildman–Crippen LogP) is 3.52. The van der Waals surface area contributed by atoms with E-state index in [0.717, 1.165) is 15.6 Å². The monoisotopic (exact) mass is 594 g/mol. The van der Waals surface area contributed by atoms with Gasteiger partial charge in [0.1, 0.15) is 12.2 Å². The van der Waals surface area contributed by atoms with Gasteiger partial charge in [-0.3, -0.25) is 4.79 Å². The summed E-state index contributed by atoms with van der Waals surface area (Å²) in [6, 6.07) is 8.08. The summed E-state index contributed by atoms with van der Waals surface area (Å²) in [5.74, 6) is -0.148. The molecule has 2 aliphatic carbocycles. The third-order valence-corrected chi connectivity index (χ3v) is 8.00. The fraction of sp³-hybridized carbons (Fsp3) is 0.478. The molecule has 1 aromatic carbocycles. The number of carbonyl (C=O) groups is 1. The molecule has 6 rings (SSSR count). The Kier molecular flexibility index (Phi) is 5.11. The Hall–Kier alpha value is -2.02. The normalized spacial score (nSPS) is 30.7. The number of aromatic nitrogens is 4. The van der Waals surface area contributed by atoms with Crippen molar-refractivity contribution in [3.05, 3.63) is 45.0 Å². The van der Waals surface area contributed by atoms with Crippen LogP contribution in [0, 0.1) is 14.9 Å². The van der Waals surface area contributed by atoms with E-state index in [2.05, 4.69) is 60.3 Å². The quantitative estimate of drug-likeness (QED) is 0.344. The summed E-state index contributed by atoms with van der Waals surface area (Å²) in [6.07, 6.45) is 1.86. The van der Waals surface area contributed by atoms with Gasteiger partial charge in [-0.15, -0.1) is 0 Å². The van der Waals surface area contributed by atoms with E-state index >= 15 is 0 Å². The van der Waals surface area contributed by atoms with Gasteiger partial charge in [0.2, 0.25) is 11.2 Å². The Morgan fingerprint density at radius 2 is 2.15 bits per heavy atom. The number of rotatable bonds is 5. The first-order valence-corrected chi connectivity index (χ1v) is 12.7. The van der Waals surface area contributed by atoms with Crippen LogP contribution in [0.25, 0.3) is 11.2 Å². The molecule has 9 nitrogen and oxygen atoms in total. The number of halogens is 2. The number of nitrogens with one attached hydrogen (secondary N) is 2. The van der Waals surface area contributed by atoms with E-state index < -0.39 is 11.2 Å². The number of hydrogen-bond donors (Lipinski definition) is 2. The molecule has 178 valence electrons. The predicted molar refractivity (Wildman–Crippen MR) is 134 cm³/mol. The standard InChI is InChI=1S/C23H24ClIN6O3/c1-22(2)33-16-15(13-8-23(13,17(16)34-22)20(32)26-3)31-10-28-14-18(29-21(24)30-19(14)31)27-9-11-5-4-6-12(25)7-11/h4-7,10,13,15-17H,8-9H2,1-3H3,(H,26,32)(H,27,29,30)/t13-,15-,16+,17+,23+/m1/s1. The van der Waals surface area contributed by atoms with Crippen LogP contribution < -0.4 is 10.6 Å². The minimum atomic E-state index is -0.773. The number of nitrogens with zero attached hydrogens (tertiary/aromatic N) is 4. The van der Waals surface area contributed by atoms with Gasteiger partial charge >= 0.3 is 0 Å². The van der Waals surface area contributed by atoms with Gasteiger partial charge in [-0.25, -0.2) is 4.98 Å². The van der Waals surface area contributed by atoms with E-state index in [4.69, 9.17) is 21.1 Å². The molecule has 2 N–H and O–H groups in total. The van der Waals surface area contributed by atoms with Crippen molar-refractivity contribution in [1.29, 1.82) is 0 Å². The molecule has 2 aromatic heterocycles. The molecule has 34 heavy (non-hydrogen) atoms. The van der Waals surface area contributed by atoms with Crippen molar-refractivity contribution in [2.75, 3.05) is 12.4 Å². The maximum absolute atomic E-state index is 12.9. The second-order valence-electron chi connectivity index (χ2n) is 9.59. The van der Waals surface area contributed by atoms with E-state index in [9.17, 15) is 4.79 Å². The lowest BCUT2D eigenvalue weighted by Gasteiger charge is -2.24. The number of fused-ring (bicyclic) bond motifs is 4. The number of imidazole rings is 1. The summed E-state index contributed by atoms with van der Waals surface area (Å²) in [4.78, 5) is 26.5. The van der Waals surface area contributed by atoms with Crippen LogP contribution in [0.5, 0.6) is 0 Å². The number of benzene rings is 1. The Labute approximate surface area is 215 Å². The third-order valence-electron chi connectivity index (χ3n) is 7.16. The van der Waals surface area contributed by atoms with Gasteiger partial charge in [0.25, 0.3) is 0 Å². The molecule has 3 heterocycles. The van der Waals surface area contributed by atoms with Crippen molar-refractivity contribution in [2.24, 2.45) is 11.3 Å². The van der Waals surface area contributed by atoms with Gasteiger partial charge in [0, 0.05) is 23.1 Å². The zero-order chi connectivity index (χ0) is 23.8. The van der Waals surface area contributed by atoms with Crippen molar-refractivity contribution in [3.8, 4) is 0 Å². The zero-order valence-corrected chi connectivity index (χ0v) is 21.8. The van der Waals surface area contributed by atoms with Crippen LogP contribution in [0.3, 0.4) is 0 Å². The molecule has 11 heteroatoms. The van der Waals surface area contributed by atoms with Gasteiger partial charge in [-0.05, 0) is 72.2 Å². The molecule has 1 aliphatic heterocycles. The van der Waals surface area contributed by atoms with Gasteiger partial charge in [-0.1, -0.05) is 12.1 Å². The Bertz CT molecular complexity index is 1320. The van der Waals surface area contributed by atoms with Crippen molar-refractivity contribution in [1.82, 2.24) is 24.8 Å². The minimum Gasteiger partial charge on any atom is -0.364 e. The lowest BCUT2D eigenvalue weighted by atomic mass is 9.98. The second-order valence-corrected chi connectivity index (χ2v) is 11.2. The highest BCUT2D eigenvalue weighted by Crippen LogP contribution is 2.71. The van der Waals surface area contributed by atoms with Gasteiger partial charge in [-0.2, -0.15) is 9.97 Å². The molecule has 1 amide bonds. The first-order valence-electron chi connectivity index (χ1n) is 11.2. The smallest absolute Gasteiger partial charge is 0.229 e. The van der Waals surface area contributed by atoms with E-state index in [0.29, 0.717) is 23.5 Å². The van der Waals surface area contributed by atoms with Crippen LogP contribution in [-0.4, -0.2) is 50.5 Å². The van der Waals surface area contributed by atoms with Crippen LogP contribution in [0.1, 0.15) is 31.9 Å². The minimum absolute atomic E-state index is 0.00627. The van der Waals surface area contributed by atoms with E-state index in [1.807, 2.05) is 30.5 Å². The zero-order valence-electron chi connectivity index (χ0n) is 18.9. The first kappa shape index (κ1) is 22.4. The van der Waals surface area contributed by atoms with Crippen molar-refractivity contribution < 1.29 is 14.3 Å². The number of carbonyl (C=O) groups excluding carboxylic acids is 1. The molecule has 0 unspecified atom stereocenters. The average molecular weight is 595 g/mol. The molecular formula is C23H24ClIN6O3. The highest BCUT2D eigenvalue weighted by Gasteiger charge is 2.79. The lowest BCUT2D eigenvalue weighted by molar-refractivity contribution is -0.164. The Morgan fingerprint density at radius 3 is 2.91 bits per heavy atom. The van der Waals surface area contributed by atoms with Gasteiger partial charge in [0.05, 0.1) is 17.8 Å². The molecule has 2 saturated carbocycles. The van der Waals surface area contributed by atoms with Crippen molar-refractivity contribution in [2.45, 2.75) is 50.8 Å².